The molecular formula is C21H27NO3. The van der Waals surface area contributed by atoms with Gasteiger partial charge in [0.1, 0.15) is 5.75 Å². The van der Waals surface area contributed by atoms with Gasteiger partial charge in [0.25, 0.3) is 0 Å². The summed E-state index contributed by atoms with van der Waals surface area (Å²) < 4.78 is 5.19. The number of carbonyl (C=O) groups is 1. The highest BCUT2D eigenvalue weighted by Gasteiger charge is 2.07. The highest BCUT2D eigenvalue weighted by molar-refractivity contribution is 5.88. The number of carboxylic acid groups (broad SMARTS) is 1. The van der Waals surface area contributed by atoms with Crippen molar-refractivity contribution in [3.05, 3.63) is 59.4 Å². The average Bonchev–Trinajstić information content (AvgIpc) is 2.64. The molecule has 25 heavy (non-hydrogen) atoms. The number of pyridine rings is 1. The molecule has 1 aromatic heterocycles. The molecule has 4 heteroatoms. The number of rotatable bonds is 11. The van der Waals surface area contributed by atoms with Gasteiger partial charge in [-0.3, -0.25) is 4.98 Å². The lowest BCUT2D eigenvalue weighted by Crippen LogP contribution is -1.99. The van der Waals surface area contributed by atoms with Crippen LogP contribution >= 0.6 is 0 Å². The van der Waals surface area contributed by atoms with E-state index in [1.165, 1.54) is 37.7 Å². The monoisotopic (exact) mass is 341 g/mol. The van der Waals surface area contributed by atoms with Crippen molar-refractivity contribution in [2.45, 2.75) is 51.4 Å². The molecule has 0 saturated heterocycles. The standard InChI is InChI=1S/C21H27NO3/c1-25-20-14-18(13-19(15-20)21(23)24)10-7-5-3-2-4-6-9-17-11-8-12-22-16-17/h8,11-16H,2-7,9-10H2,1H3,(H,23,24). The Kier molecular flexibility index (Phi) is 7.96. The summed E-state index contributed by atoms with van der Waals surface area (Å²) in [4.78, 5) is 15.3. The summed E-state index contributed by atoms with van der Waals surface area (Å²) in [6, 6.07) is 9.36. The summed E-state index contributed by atoms with van der Waals surface area (Å²) in [5, 5.41) is 9.14. The quantitative estimate of drug-likeness (QED) is 0.590. The SMILES string of the molecule is COc1cc(CCCCCCCCc2cccnc2)cc(C(=O)O)c1. The maximum Gasteiger partial charge on any atom is 0.335 e. The van der Waals surface area contributed by atoms with Crippen molar-refractivity contribution in [2.24, 2.45) is 0 Å². The van der Waals surface area contributed by atoms with Crippen LogP contribution in [-0.2, 0) is 12.8 Å². The van der Waals surface area contributed by atoms with Gasteiger partial charge in [0.05, 0.1) is 12.7 Å². The van der Waals surface area contributed by atoms with E-state index in [9.17, 15) is 4.79 Å². The summed E-state index contributed by atoms with van der Waals surface area (Å²) in [6.45, 7) is 0. The van der Waals surface area contributed by atoms with Gasteiger partial charge in [-0.25, -0.2) is 4.79 Å². The van der Waals surface area contributed by atoms with Crippen molar-refractivity contribution in [1.82, 2.24) is 4.98 Å². The Morgan fingerprint density at radius 1 is 1.00 bits per heavy atom. The van der Waals surface area contributed by atoms with Crippen LogP contribution in [-0.4, -0.2) is 23.2 Å². The van der Waals surface area contributed by atoms with Crippen molar-refractivity contribution >= 4 is 5.97 Å². The number of ether oxygens (including phenoxy) is 1. The smallest absolute Gasteiger partial charge is 0.335 e. The third kappa shape index (κ3) is 6.96. The number of hydrogen-bond donors (Lipinski definition) is 1. The van der Waals surface area contributed by atoms with Crippen molar-refractivity contribution in [3.63, 3.8) is 0 Å². The van der Waals surface area contributed by atoms with Crippen LogP contribution in [0, 0.1) is 0 Å². The number of hydrogen-bond acceptors (Lipinski definition) is 3. The maximum atomic E-state index is 11.1. The predicted molar refractivity (Wildman–Crippen MR) is 99.3 cm³/mol. The van der Waals surface area contributed by atoms with Crippen molar-refractivity contribution in [3.8, 4) is 5.75 Å². The zero-order valence-corrected chi connectivity index (χ0v) is 14.9. The van der Waals surface area contributed by atoms with E-state index in [2.05, 4.69) is 11.1 Å². The lowest BCUT2D eigenvalue weighted by molar-refractivity contribution is 0.0696. The summed E-state index contributed by atoms with van der Waals surface area (Å²) in [5.41, 5.74) is 2.65. The molecule has 0 amide bonds. The first kappa shape index (κ1) is 19.0. The molecule has 0 aliphatic rings. The lowest BCUT2D eigenvalue weighted by atomic mass is 10.0. The Balaban J connectivity index is 1.61. The molecule has 2 rings (SSSR count). The number of unbranched alkanes of at least 4 members (excludes halogenated alkanes) is 5. The Hall–Kier alpha value is -2.36. The minimum absolute atomic E-state index is 0.296. The molecule has 2 aromatic rings. The number of carboxylic acids is 1. The average molecular weight is 341 g/mol. The molecule has 1 N–H and O–H groups in total. The molecule has 0 aliphatic carbocycles. The molecular weight excluding hydrogens is 314 g/mol. The van der Waals surface area contributed by atoms with Crippen LogP contribution in [0.2, 0.25) is 0 Å². The Bertz CT molecular complexity index is 655. The van der Waals surface area contributed by atoms with Gasteiger partial charge in [-0.15, -0.1) is 0 Å². The summed E-state index contributed by atoms with van der Waals surface area (Å²) in [7, 11) is 1.57. The highest BCUT2D eigenvalue weighted by Crippen LogP contribution is 2.19. The number of aromatic carboxylic acids is 1. The number of methoxy groups -OCH3 is 1. The third-order valence-corrected chi connectivity index (χ3v) is 4.35. The number of aryl methyl sites for hydroxylation is 2. The first-order chi connectivity index (χ1) is 12.2. The summed E-state index contributed by atoms with van der Waals surface area (Å²) in [6.07, 6.45) is 12.9. The Morgan fingerprint density at radius 3 is 2.28 bits per heavy atom. The van der Waals surface area contributed by atoms with Gasteiger partial charge in [-0.2, -0.15) is 0 Å². The molecule has 1 heterocycles. The fourth-order valence-corrected chi connectivity index (χ4v) is 2.96. The second-order valence-electron chi connectivity index (χ2n) is 6.36. The zero-order chi connectivity index (χ0) is 17.9. The minimum Gasteiger partial charge on any atom is -0.497 e. The fraction of sp³-hybridized carbons (Fsp3) is 0.429. The van der Waals surface area contributed by atoms with Gasteiger partial charge in [0.15, 0.2) is 0 Å². The summed E-state index contributed by atoms with van der Waals surface area (Å²) in [5.74, 6) is -0.293. The maximum absolute atomic E-state index is 11.1. The van der Waals surface area contributed by atoms with Crippen LogP contribution in [0.15, 0.2) is 42.7 Å². The van der Waals surface area contributed by atoms with Gasteiger partial charge in [-0.1, -0.05) is 31.7 Å². The molecule has 0 spiro atoms. The van der Waals surface area contributed by atoms with E-state index in [0.717, 1.165) is 24.8 Å². The van der Waals surface area contributed by atoms with Crippen LogP contribution in [0.3, 0.4) is 0 Å². The second kappa shape index (κ2) is 10.5. The van der Waals surface area contributed by atoms with Crippen molar-refractivity contribution < 1.29 is 14.6 Å². The van der Waals surface area contributed by atoms with Crippen LogP contribution in [0.1, 0.15) is 60.0 Å². The number of aromatic nitrogens is 1. The van der Waals surface area contributed by atoms with E-state index in [1.54, 1.807) is 19.2 Å². The van der Waals surface area contributed by atoms with E-state index >= 15 is 0 Å². The van der Waals surface area contributed by atoms with Crippen molar-refractivity contribution in [1.29, 1.82) is 0 Å². The molecule has 134 valence electrons. The van der Waals surface area contributed by atoms with Gasteiger partial charge in [0.2, 0.25) is 0 Å². The first-order valence-corrected chi connectivity index (χ1v) is 8.99. The Labute approximate surface area is 149 Å². The summed E-state index contributed by atoms with van der Waals surface area (Å²) >= 11 is 0. The van der Waals surface area contributed by atoms with Crippen molar-refractivity contribution in [2.75, 3.05) is 7.11 Å². The van der Waals surface area contributed by atoms with Gasteiger partial charge in [-0.05, 0) is 61.1 Å². The molecule has 1 aromatic carbocycles. The van der Waals surface area contributed by atoms with Gasteiger partial charge in [0, 0.05) is 12.4 Å². The van der Waals surface area contributed by atoms with E-state index in [0.29, 0.717) is 11.3 Å². The largest absolute Gasteiger partial charge is 0.497 e. The van der Waals surface area contributed by atoms with Gasteiger partial charge >= 0.3 is 5.97 Å². The predicted octanol–water partition coefficient (Wildman–Crippen LogP) is 4.91. The second-order valence-corrected chi connectivity index (χ2v) is 6.36. The molecule has 0 saturated carbocycles. The van der Waals surface area contributed by atoms with Crippen LogP contribution in [0.5, 0.6) is 5.75 Å². The third-order valence-electron chi connectivity index (χ3n) is 4.35. The highest BCUT2D eigenvalue weighted by atomic mass is 16.5. The minimum atomic E-state index is -0.909. The number of benzene rings is 1. The molecule has 0 aliphatic heterocycles. The molecule has 0 bridgehead atoms. The first-order valence-electron chi connectivity index (χ1n) is 8.99. The van der Waals surface area contributed by atoms with Crippen LogP contribution in [0.25, 0.3) is 0 Å². The van der Waals surface area contributed by atoms with Crippen LogP contribution in [0.4, 0.5) is 0 Å². The lowest BCUT2D eigenvalue weighted by Gasteiger charge is -2.07. The van der Waals surface area contributed by atoms with E-state index in [1.807, 2.05) is 24.5 Å². The molecule has 0 fully saturated rings. The van der Waals surface area contributed by atoms with E-state index in [4.69, 9.17) is 9.84 Å². The van der Waals surface area contributed by atoms with Gasteiger partial charge < -0.3 is 9.84 Å². The topological polar surface area (TPSA) is 59.4 Å². The molecule has 0 radical (unpaired) electrons. The molecule has 0 atom stereocenters. The molecule has 0 unspecified atom stereocenters. The van der Waals surface area contributed by atoms with E-state index in [-0.39, 0.29) is 0 Å². The Morgan fingerprint density at radius 2 is 1.68 bits per heavy atom. The molecule has 4 nitrogen and oxygen atoms in total. The van der Waals surface area contributed by atoms with E-state index < -0.39 is 5.97 Å². The van der Waals surface area contributed by atoms with Crippen LogP contribution < -0.4 is 4.74 Å². The normalized spacial score (nSPS) is 10.6. The fourth-order valence-electron chi connectivity index (χ4n) is 2.96. The number of nitrogens with zero attached hydrogens (tertiary/aromatic N) is 1. The zero-order valence-electron chi connectivity index (χ0n) is 14.9.